The van der Waals surface area contributed by atoms with E-state index >= 15 is 0 Å². The Morgan fingerprint density at radius 1 is 1.29 bits per heavy atom. The van der Waals surface area contributed by atoms with Crippen LogP contribution in [0.3, 0.4) is 0 Å². The molecule has 0 radical (unpaired) electrons. The minimum absolute atomic E-state index is 0.403. The topological polar surface area (TPSA) is 20.3 Å². The molecule has 0 atom stereocenters. The van der Waals surface area contributed by atoms with Gasteiger partial charge in [0.15, 0.2) is 0 Å². The summed E-state index contributed by atoms with van der Waals surface area (Å²) < 4.78 is 0. The Morgan fingerprint density at radius 3 is 2.64 bits per heavy atom. The molecule has 0 bridgehead atoms. The summed E-state index contributed by atoms with van der Waals surface area (Å²) in [6, 6.07) is 0. The van der Waals surface area contributed by atoms with Crippen molar-refractivity contribution < 1.29 is 4.79 Å². The molecule has 1 aliphatic heterocycles. The number of ketones is 1. The van der Waals surface area contributed by atoms with Crippen LogP contribution in [0.15, 0.2) is 0 Å². The van der Waals surface area contributed by atoms with Gasteiger partial charge in [0.05, 0.1) is 6.54 Å². The van der Waals surface area contributed by atoms with E-state index in [1.807, 2.05) is 6.92 Å². The van der Waals surface area contributed by atoms with Gasteiger partial charge in [-0.3, -0.25) is 9.69 Å². The summed E-state index contributed by atoms with van der Waals surface area (Å²) >= 11 is 0. The van der Waals surface area contributed by atoms with Gasteiger partial charge in [-0.15, -0.1) is 0 Å². The maximum Gasteiger partial charge on any atom is 0.146 e. The van der Waals surface area contributed by atoms with E-state index < -0.39 is 0 Å². The van der Waals surface area contributed by atoms with Gasteiger partial charge in [0, 0.05) is 13.0 Å². The number of Topliss-reactive ketones (excluding diaryl/α,β-unsaturated/α-hetero) is 1. The number of hydrogen-bond acceptors (Lipinski definition) is 2. The summed E-state index contributed by atoms with van der Waals surface area (Å²) in [7, 11) is 0. The zero-order valence-electron chi connectivity index (χ0n) is 9.22. The zero-order valence-corrected chi connectivity index (χ0v) is 9.22. The molecule has 0 N–H and O–H groups in total. The maximum atomic E-state index is 11.3. The van der Waals surface area contributed by atoms with E-state index in [2.05, 4.69) is 4.90 Å². The zero-order chi connectivity index (χ0) is 10.0. The Balaban J connectivity index is 1.85. The molecule has 0 aromatic heterocycles. The van der Waals surface area contributed by atoms with Crippen LogP contribution in [0.25, 0.3) is 0 Å². The van der Waals surface area contributed by atoms with Gasteiger partial charge in [0.2, 0.25) is 0 Å². The molecular formula is C12H21NO. The second-order valence-corrected chi connectivity index (χ2v) is 5.06. The third kappa shape index (κ3) is 2.00. The molecular weight excluding hydrogens is 174 g/mol. The average molecular weight is 195 g/mol. The van der Waals surface area contributed by atoms with E-state index in [0.717, 1.165) is 6.54 Å². The van der Waals surface area contributed by atoms with Gasteiger partial charge in [0.1, 0.15) is 5.78 Å². The predicted octanol–water partition coefficient (Wildman–Crippen LogP) is 2.23. The normalized spacial score (nSPS) is 26.1. The first kappa shape index (κ1) is 10.2. The van der Waals surface area contributed by atoms with Crippen molar-refractivity contribution in [3.63, 3.8) is 0 Å². The summed E-state index contributed by atoms with van der Waals surface area (Å²) in [6.07, 6.45) is 7.67. The van der Waals surface area contributed by atoms with E-state index in [1.54, 1.807) is 0 Å². The predicted molar refractivity (Wildman–Crippen MR) is 57.3 cm³/mol. The lowest BCUT2D eigenvalue weighted by Gasteiger charge is -2.23. The second kappa shape index (κ2) is 4.01. The van der Waals surface area contributed by atoms with Crippen molar-refractivity contribution in [3.8, 4) is 0 Å². The van der Waals surface area contributed by atoms with Gasteiger partial charge in [0.25, 0.3) is 0 Å². The number of nitrogens with zero attached hydrogens (tertiary/aromatic N) is 1. The monoisotopic (exact) mass is 195 g/mol. The standard InChI is InChI=1S/C12H21NO/c1-2-11(14)9-13-8-7-12(10-13)5-3-4-6-12/h2-10H2,1H3. The number of carbonyl (C=O) groups is 1. The molecule has 1 saturated carbocycles. The van der Waals surface area contributed by atoms with Crippen LogP contribution in [0.4, 0.5) is 0 Å². The van der Waals surface area contributed by atoms with E-state index in [1.165, 1.54) is 38.6 Å². The summed E-state index contributed by atoms with van der Waals surface area (Å²) in [5, 5.41) is 0. The fourth-order valence-corrected chi connectivity index (χ4v) is 3.06. The van der Waals surface area contributed by atoms with Gasteiger partial charge in [-0.05, 0) is 31.2 Å². The molecule has 0 aromatic carbocycles. The quantitative estimate of drug-likeness (QED) is 0.688. The molecule has 2 nitrogen and oxygen atoms in total. The highest BCUT2D eigenvalue weighted by atomic mass is 16.1. The molecule has 1 heterocycles. The lowest BCUT2D eigenvalue weighted by atomic mass is 9.86. The molecule has 1 aliphatic carbocycles. The fourth-order valence-electron chi connectivity index (χ4n) is 3.06. The fraction of sp³-hybridized carbons (Fsp3) is 0.917. The lowest BCUT2D eigenvalue weighted by Crippen LogP contribution is -2.29. The smallest absolute Gasteiger partial charge is 0.146 e. The minimum atomic E-state index is 0.403. The summed E-state index contributed by atoms with van der Waals surface area (Å²) in [6.45, 7) is 5.02. The Kier molecular flexibility index (Phi) is 2.91. The van der Waals surface area contributed by atoms with Gasteiger partial charge in [-0.25, -0.2) is 0 Å². The third-order valence-corrected chi connectivity index (χ3v) is 3.98. The van der Waals surface area contributed by atoms with E-state index in [4.69, 9.17) is 0 Å². The third-order valence-electron chi connectivity index (χ3n) is 3.98. The first-order valence-electron chi connectivity index (χ1n) is 5.98. The molecule has 1 spiro atoms. The molecule has 2 fully saturated rings. The van der Waals surface area contributed by atoms with E-state index in [9.17, 15) is 4.79 Å². The van der Waals surface area contributed by atoms with Crippen LogP contribution in [0.5, 0.6) is 0 Å². The van der Waals surface area contributed by atoms with Crippen molar-refractivity contribution in [1.82, 2.24) is 4.90 Å². The Hall–Kier alpha value is -0.370. The molecule has 2 aliphatic rings. The largest absolute Gasteiger partial charge is 0.298 e. The lowest BCUT2D eigenvalue weighted by molar-refractivity contribution is -0.119. The molecule has 1 saturated heterocycles. The van der Waals surface area contributed by atoms with E-state index in [-0.39, 0.29) is 0 Å². The molecule has 0 unspecified atom stereocenters. The van der Waals surface area contributed by atoms with E-state index in [0.29, 0.717) is 24.2 Å². The van der Waals surface area contributed by atoms with Crippen LogP contribution in [0, 0.1) is 5.41 Å². The number of carbonyl (C=O) groups excluding carboxylic acids is 1. The second-order valence-electron chi connectivity index (χ2n) is 5.06. The molecule has 2 heteroatoms. The van der Waals surface area contributed by atoms with Crippen LogP contribution in [-0.2, 0) is 4.79 Å². The summed E-state index contributed by atoms with van der Waals surface area (Å²) in [5.74, 6) is 0.403. The average Bonchev–Trinajstić information content (AvgIpc) is 2.78. The van der Waals surface area contributed by atoms with Crippen LogP contribution < -0.4 is 0 Å². The first-order chi connectivity index (χ1) is 6.74. The van der Waals surface area contributed by atoms with Crippen molar-refractivity contribution in [3.05, 3.63) is 0 Å². The van der Waals surface area contributed by atoms with Crippen molar-refractivity contribution in [2.75, 3.05) is 19.6 Å². The highest BCUT2D eigenvalue weighted by Gasteiger charge is 2.40. The Labute approximate surface area is 86.7 Å². The van der Waals surface area contributed by atoms with Gasteiger partial charge >= 0.3 is 0 Å². The van der Waals surface area contributed by atoms with Crippen LogP contribution in [-0.4, -0.2) is 30.3 Å². The highest BCUT2D eigenvalue weighted by Crippen LogP contribution is 2.45. The summed E-state index contributed by atoms with van der Waals surface area (Å²) in [5.41, 5.74) is 0.619. The van der Waals surface area contributed by atoms with Gasteiger partial charge < -0.3 is 0 Å². The Morgan fingerprint density at radius 2 is 2.00 bits per heavy atom. The molecule has 2 rings (SSSR count). The molecule has 0 amide bonds. The van der Waals surface area contributed by atoms with Gasteiger partial charge in [-0.1, -0.05) is 19.8 Å². The number of hydrogen-bond donors (Lipinski definition) is 0. The van der Waals surface area contributed by atoms with Crippen molar-refractivity contribution in [2.24, 2.45) is 5.41 Å². The van der Waals surface area contributed by atoms with Crippen molar-refractivity contribution in [1.29, 1.82) is 0 Å². The number of likely N-dealkylation sites (tertiary alicyclic amines) is 1. The number of rotatable bonds is 3. The minimum Gasteiger partial charge on any atom is -0.298 e. The molecule has 14 heavy (non-hydrogen) atoms. The Bertz CT molecular complexity index is 218. The van der Waals surface area contributed by atoms with Crippen LogP contribution >= 0.6 is 0 Å². The molecule has 0 aromatic rings. The van der Waals surface area contributed by atoms with Crippen molar-refractivity contribution >= 4 is 5.78 Å². The summed E-state index contributed by atoms with van der Waals surface area (Å²) in [4.78, 5) is 13.7. The van der Waals surface area contributed by atoms with Crippen LogP contribution in [0.1, 0.15) is 45.4 Å². The van der Waals surface area contributed by atoms with Crippen molar-refractivity contribution in [2.45, 2.75) is 45.4 Å². The maximum absolute atomic E-state index is 11.3. The van der Waals surface area contributed by atoms with Crippen LogP contribution in [0.2, 0.25) is 0 Å². The van der Waals surface area contributed by atoms with Gasteiger partial charge in [-0.2, -0.15) is 0 Å². The first-order valence-corrected chi connectivity index (χ1v) is 5.98. The molecule has 80 valence electrons. The highest BCUT2D eigenvalue weighted by molar-refractivity contribution is 5.80. The SMILES string of the molecule is CCC(=O)CN1CCC2(CCCC2)C1.